The average molecular weight is 478 g/mol. The normalized spacial score (nSPS) is 11.9. The van der Waals surface area contributed by atoms with E-state index in [0.717, 1.165) is 16.1 Å². The molecular weight excluding hydrogens is 446 g/mol. The number of carbonyl (C=O) groups excluding carboxylic acids is 2. The summed E-state index contributed by atoms with van der Waals surface area (Å²) in [5.41, 5.74) is 0.977. The number of likely N-dealkylation sites (N-methyl/N-ethyl adjacent to an activating group) is 1. The van der Waals surface area contributed by atoms with Gasteiger partial charge in [-0.05, 0) is 43.7 Å². The van der Waals surface area contributed by atoms with E-state index in [4.69, 9.17) is 9.47 Å². The zero-order valence-electron chi connectivity index (χ0n) is 19.6. The molecule has 0 aliphatic rings. The van der Waals surface area contributed by atoms with Gasteiger partial charge in [0.25, 0.3) is 0 Å². The van der Waals surface area contributed by atoms with Crippen LogP contribution in [0.4, 0.5) is 5.69 Å². The highest BCUT2D eigenvalue weighted by Gasteiger charge is 2.31. The minimum absolute atomic E-state index is 0.0951. The van der Waals surface area contributed by atoms with Crippen LogP contribution in [-0.2, 0) is 26.2 Å². The maximum atomic E-state index is 13.5. The Kier molecular flexibility index (Phi) is 9.10. The molecule has 0 aromatic heterocycles. The summed E-state index contributed by atoms with van der Waals surface area (Å²) < 4.78 is 36.7. The maximum Gasteiger partial charge on any atom is 0.244 e. The van der Waals surface area contributed by atoms with Gasteiger partial charge in [-0.3, -0.25) is 13.9 Å². The quantitative estimate of drug-likeness (QED) is 0.531. The molecule has 0 fully saturated rings. The lowest BCUT2D eigenvalue weighted by molar-refractivity contribution is -0.139. The molecule has 9 nitrogen and oxygen atoms in total. The minimum Gasteiger partial charge on any atom is -0.497 e. The van der Waals surface area contributed by atoms with E-state index in [2.05, 4.69) is 5.32 Å². The number of para-hydroxylation sites is 2. The molecule has 0 unspecified atom stereocenters. The molecule has 0 saturated carbocycles. The van der Waals surface area contributed by atoms with Gasteiger partial charge < -0.3 is 19.7 Å². The fraction of sp³-hybridized carbons (Fsp3) is 0.391. The van der Waals surface area contributed by atoms with E-state index in [1.54, 1.807) is 56.3 Å². The number of anilines is 1. The van der Waals surface area contributed by atoms with Crippen LogP contribution in [0.5, 0.6) is 11.5 Å². The maximum absolute atomic E-state index is 13.5. The summed E-state index contributed by atoms with van der Waals surface area (Å²) in [5, 5.41) is 2.71. The van der Waals surface area contributed by atoms with Crippen molar-refractivity contribution < 1.29 is 27.5 Å². The van der Waals surface area contributed by atoms with Crippen LogP contribution in [0.25, 0.3) is 0 Å². The third-order valence-electron chi connectivity index (χ3n) is 5.04. The summed E-state index contributed by atoms with van der Waals surface area (Å²) >= 11 is 0. The molecule has 0 heterocycles. The second-order valence-electron chi connectivity index (χ2n) is 7.39. The Hall–Kier alpha value is -3.27. The number of methoxy groups -OCH3 is 2. The lowest BCUT2D eigenvalue weighted by Gasteiger charge is -2.31. The third-order valence-corrected chi connectivity index (χ3v) is 6.16. The zero-order chi connectivity index (χ0) is 24.6. The van der Waals surface area contributed by atoms with Gasteiger partial charge in [-0.1, -0.05) is 24.3 Å². The van der Waals surface area contributed by atoms with Crippen LogP contribution < -0.4 is 19.1 Å². The van der Waals surface area contributed by atoms with E-state index in [1.807, 2.05) is 6.07 Å². The van der Waals surface area contributed by atoms with E-state index in [1.165, 1.54) is 19.1 Å². The summed E-state index contributed by atoms with van der Waals surface area (Å²) in [4.78, 5) is 27.4. The van der Waals surface area contributed by atoms with E-state index >= 15 is 0 Å². The molecule has 0 aliphatic heterocycles. The first kappa shape index (κ1) is 26.0. The Bertz CT molecular complexity index is 1070. The monoisotopic (exact) mass is 477 g/mol. The van der Waals surface area contributed by atoms with Crippen LogP contribution in [0.15, 0.2) is 48.5 Å². The summed E-state index contributed by atoms with van der Waals surface area (Å²) in [7, 11) is -0.871. The molecular formula is C23H31N3O6S. The van der Waals surface area contributed by atoms with Crippen molar-refractivity contribution in [2.24, 2.45) is 0 Å². The van der Waals surface area contributed by atoms with Crippen molar-refractivity contribution in [3.63, 3.8) is 0 Å². The van der Waals surface area contributed by atoms with Crippen LogP contribution >= 0.6 is 0 Å². The fourth-order valence-corrected chi connectivity index (χ4v) is 4.16. The highest BCUT2D eigenvalue weighted by Crippen LogP contribution is 2.29. The van der Waals surface area contributed by atoms with Crippen LogP contribution in [-0.4, -0.2) is 64.7 Å². The van der Waals surface area contributed by atoms with Crippen LogP contribution in [0.1, 0.15) is 19.4 Å². The molecule has 2 rings (SSSR count). The second-order valence-corrected chi connectivity index (χ2v) is 9.29. The first-order valence-electron chi connectivity index (χ1n) is 10.4. The molecule has 0 aliphatic carbocycles. The van der Waals surface area contributed by atoms with Gasteiger partial charge >= 0.3 is 0 Å². The Balaban J connectivity index is 2.43. The van der Waals surface area contributed by atoms with E-state index < -0.39 is 28.5 Å². The van der Waals surface area contributed by atoms with E-state index in [9.17, 15) is 18.0 Å². The number of carbonyl (C=O) groups is 2. The van der Waals surface area contributed by atoms with Gasteiger partial charge in [-0.2, -0.15) is 0 Å². The molecule has 0 saturated heterocycles. The molecule has 2 aromatic rings. The Morgan fingerprint density at radius 3 is 2.36 bits per heavy atom. The van der Waals surface area contributed by atoms with Gasteiger partial charge in [0.1, 0.15) is 24.1 Å². The lowest BCUT2D eigenvalue weighted by Crippen LogP contribution is -2.51. The summed E-state index contributed by atoms with van der Waals surface area (Å²) in [6.07, 6.45) is 1.02. The minimum atomic E-state index is -3.83. The first-order valence-corrected chi connectivity index (χ1v) is 12.3. The number of hydrogen-bond acceptors (Lipinski definition) is 6. The smallest absolute Gasteiger partial charge is 0.244 e. The number of nitrogens with one attached hydrogen (secondary N) is 1. The molecule has 2 aromatic carbocycles. The second kappa shape index (κ2) is 11.6. The van der Waals surface area contributed by atoms with E-state index in [0.29, 0.717) is 18.0 Å². The van der Waals surface area contributed by atoms with Crippen molar-refractivity contribution in [3.8, 4) is 11.5 Å². The Morgan fingerprint density at radius 1 is 1.06 bits per heavy atom. The van der Waals surface area contributed by atoms with Gasteiger partial charge in [0, 0.05) is 13.1 Å². The Morgan fingerprint density at radius 2 is 1.76 bits per heavy atom. The molecule has 1 N–H and O–H groups in total. The molecule has 0 bridgehead atoms. The molecule has 1 atom stereocenters. The number of benzene rings is 2. The summed E-state index contributed by atoms with van der Waals surface area (Å²) in [5.74, 6) is 0.0500. The molecule has 0 radical (unpaired) electrons. The number of nitrogens with zero attached hydrogens (tertiary/aromatic N) is 2. The van der Waals surface area contributed by atoms with Crippen molar-refractivity contribution in [3.05, 3.63) is 54.1 Å². The predicted molar refractivity (Wildman–Crippen MR) is 127 cm³/mol. The van der Waals surface area contributed by atoms with Gasteiger partial charge in [0.15, 0.2) is 0 Å². The van der Waals surface area contributed by atoms with Crippen LogP contribution in [0, 0.1) is 0 Å². The molecule has 33 heavy (non-hydrogen) atoms. The van der Waals surface area contributed by atoms with Crippen LogP contribution in [0.3, 0.4) is 0 Å². The SMILES string of the molecule is CCNC(=O)[C@H](C)N(Cc1cccc(OC)c1)C(=O)CN(c1ccccc1OC)S(C)(=O)=O. The predicted octanol–water partition coefficient (Wildman–Crippen LogP) is 2.02. The first-order chi connectivity index (χ1) is 15.6. The van der Waals surface area contributed by atoms with Gasteiger partial charge in [0.2, 0.25) is 21.8 Å². The zero-order valence-corrected chi connectivity index (χ0v) is 20.4. The Labute approximate surface area is 195 Å². The number of amides is 2. The largest absolute Gasteiger partial charge is 0.497 e. The number of sulfonamides is 1. The number of ether oxygens (including phenoxy) is 2. The van der Waals surface area contributed by atoms with Gasteiger partial charge in [-0.25, -0.2) is 8.42 Å². The van der Waals surface area contributed by atoms with Gasteiger partial charge in [0.05, 0.1) is 26.2 Å². The number of hydrogen-bond donors (Lipinski definition) is 1. The molecule has 2 amide bonds. The molecule has 180 valence electrons. The topological polar surface area (TPSA) is 105 Å². The lowest BCUT2D eigenvalue weighted by atomic mass is 10.1. The fourth-order valence-electron chi connectivity index (χ4n) is 3.30. The van der Waals surface area contributed by atoms with Crippen molar-refractivity contribution in [2.75, 3.05) is 37.9 Å². The third kappa shape index (κ3) is 6.85. The summed E-state index contributed by atoms with van der Waals surface area (Å²) in [6.45, 7) is 3.40. The van der Waals surface area contributed by atoms with Crippen LogP contribution in [0.2, 0.25) is 0 Å². The standard InChI is InChI=1S/C23H31N3O6S/c1-6-24-23(28)17(2)25(15-18-10-9-11-19(14-18)31-3)22(27)16-26(33(5,29)30)20-12-7-8-13-21(20)32-4/h7-14,17H,6,15-16H2,1-5H3,(H,24,28)/t17-/m0/s1. The van der Waals surface area contributed by atoms with Crippen molar-refractivity contribution in [1.82, 2.24) is 10.2 Å². The number of rotatable bonds is 11. The van der Waals surface area contributed by atoms with Crippen molar-refractivity contribution in [2.45, 2.75) is 26.4 Å². The molecule has 0 spiro atoms. The van der Waals surface area contributed by atoms with E-state index in [-0.39, 0.29) is 18.1 Å². The van der Waals surface area contributed by atoms with Crippen molar-refractivity contribution >= 4 is 27.5 Å². The highest BCUT2D eigenvalue weighted by atomic mass is 32.2. The van der Waals surface area contributed by atoms with Crippen molar-refractivity contribution in [1.29, 1.82) is 0 Å². The summed E-state index contributed by atoms with van der Waals surface area (Å²) in [6, 6.07) is 12.8. The van der Waals surface area contributed by atoms with Gasteiger partial charge in [-0.15, -0.1) is 0 Å². The average Bonchev–Trinajstić information content (AvgIpc) is 2.79. The molecule has 10 heteroatoms. The highest BCUT2D eigenvalue weighted by molar-refractivity contribution is 7.92.